The molecule has 2 fully saturated rings. The van der Waals surface area contributed by atoms with E-state index in [1.165, 1.54) is 62.6 Å². The fourth-order valence-corrected chi connectivity index (χ4v) is 4.55. The smallest absolute Gasteiger partial charge is 0.115 e. The lowest BCUT2D eigenvalue weighted by Gasteiger charge is -2.42. The van der Waals surface area contributed by atoms with Gasteiger partial charge >= 0.3 is 0 Å². The molecule has 1 saturated heterocycles. The third-order valence-electron chi connectivity index (χ3n) is 6.42. The molecule has 2 heteroatoms. The van der Waals surface area contributed by atoms with Gasteiger partial charge in [-0.15, -0.1) is 0 Å². The summed E-state index contributed by atoms with van der Waals surface area (Å²) in [6.07, 6.45) is 11.1. The monoisotopic (exact) mass is 327 g/mol. The van der Waals surface area contributed by atoms with Gasteiger partial charge in [-0.1, -0.05) is 63.3 Å². The van der Waals surface area contributed by atoms with Gasteiger partial charge in [-0.2, -0.15) is 0 Å². The van der Waals surface area contributed by atoms with Crippen molar-refractivity contribution in [3.8, 4) is 5.75 Å². The molecule has 1 N–H and O–H groups in total. The summed E-state index contributed by atoms with van der Waals surface area (Å²) in [6.45, 7) is 10.0. The van der Waals surface area contributed by atoms with Gasteiger partial charge in [-0.05, 0) is 56.0 Å². The summed E-state index contributed by atoms with van der Waals surface area (Å²) in [6, 6.07) is 7.73. The van der Waals surface area contributed by atoms with Crippen LogP contribution in [0, 0.1) is 5.92 Å². The maximum Gasteiger partial charge on any atom is 0.115 e. The molecule has 2 nitrogen and oxygen atoms in total. The highest BCUT2D eigenvalue weighted by molar-refractivity contribution is 5.40. The molecular formula is C22H33NO. The molecule has 132 valence electrons. The van der Waals surface area contributed by atoms with Crippen LogP contribution >= 0.6 is 0 Å². The van der Waals surface area contributed by atoms with Gasteiger partial charge in [0, 0.05) is 12.0 Å². The molecule has 24 heavy (non-hydrogen) atoms. The first kappa shape index (κ1) is 17.5. The molecule has 0 spiro atoms. The molecule has 1 aliphatic carbocycles. The minimum absolute atomic E-state index is 0.00138. The van der Waals surface area contributed by atoms with Crippen LogP contribution in [-0.2, 0) is 5.41 Å². The van der Waals surface area contributed by atoms with E-state index in [1.54, 1.807) is 6.07 Å². The van der Waals surface area contributed by atoms with Crippen LogP contribution in [-0.4, -0.2) is 29.6 Å². The van der Waals surface area contributed by atoms with E-state index >= 15 is 0 Å². The fraction of sp³-hybridized carbons (Fsp3) is 0.636. The molecular weight excluding hydrogens is 294 g/mol. The maximum absolute atomic E-state index is 9.80. The molecule has 0 radical (unpaired) electrons. The van der Waals surface area contributed by atoms with E-state index in [0.29, 0.717) is 5.75 Å². The Morgan fingerprint density at radius 2 is 2.04 bits per heavy atom. The van der Waals surface area contributed by atoms with Crippen molar-refractivity contribution in [1.29, 1.82) is 0 Å². The molecule has 1 aliphatic heterocycles. The number of benzene rings is 1. The van der Waals surface area contributed by atoms with Gasteiger partial charge in [-0.25, -0.2) is 0 Å². The average molecular weight is 328 g/mol. The Labute approximate surface area is 147 Å². The molecule has 1 aromatic rings. The van der Waals surface area contributed by atoms with Crippen LogP contribution in [0.3, 0.4) is 0 Å². The lowest BCUT2D eigenvalue weighted by atomic mass is 9.71. The lowest BCUT2D eigenvalue weighted by Crippen LogP contribution is -2.43. The van der Waals surface area contributed by atoms with Crippen LogP contribution in [0.1, 0.15) is 63.9 Å². The van der Waals surface area contributed by atoms with Crippen LogP contribution in [0.4, 0.5) is 0 Å². The second-order valence-corrected chi connectivity index (χ2v) is 8.16. The Bertz CT molecular complexity index is 561. The van der Waals surface area contributed by atoms with Gasteiger partial charge in [0.15, 0.2) is 0 Å². The highest BCUT2D eigenvalue weighted by Crippen LogP contribution is 2.39. The fourth-order valence-electron chi connectivity index (χ4n) is 4.55. The Kier molecular flexibility index (Phi) is 5.65. The van der Waals surface area contributed by atoms with Gasteiger partial charge in [-0.3, -0.25) is 4.90 Å². The third-order valence-corrected chi connectivity index (χ3v) is 6.42. The molecule has 2 aliphatic rings. The molecule has 1 heterocycles. The molecule has 1 atom stereocenters. The van der Waals surface area contributed by atoms with Crippen molar-refractivity contribution in [3.63, 3.8) is 0 Å². The van der Waals surface area contributed by atoms with Crippen molar-refractivity contribution in [2.75, 3.05) is 19.6 Å². The molecule has 1 saturated carbocycles. The predicted molar refractivity (Wildman–Crippen MR) is 101 cm³/mol. The van der Waals surface area contributed by atoms with E-state index < -0.39 is 0 Å². The van der Waals surface area contributed by atoms with Gasteiger partial charge < -0.3 is 5.11 Å². The van der Waals surface area contributed by atoms with Crippen molar-refractivity contribution >= 4 is 0 Å². The van der Waals surface area contributed by atoms with Crippen molar-refractivity contribution in [3.05, 3.63) is 42.0 Å². The van der Waals surface area contributed by atoms with Crippen molar-refractivity contribution < 1.29 is 5.11 Å². The largest absolute Gasteiger partial charge is 0.508 e. The van der Waals surface area contributed by atoms with E-state index in [9.17, 15) is 5.11 Å². The zero-order valence-electron chi connectivity index (χ0n) is 15.3. The molecule has 0 bridgehead atoms. The van der Waals surface area contributed by atoms with Gasteiger partial charge in [0.1, 0.15) is 5.75 Å². The second kappa shape index (κ2) is 7.74. The number of aromatic hydroxyl groups is 1. The third kappa shape index (κ3) is 4.03. The summed E-state index contributed by atoms with van der Waals surface area (Å²) in [5.74, 6) is 1.35. The number of phenolic OH excluding ortho intramolecular Hbond substituents is 1. The average Bonchev–Trinajstić information content (AvgIpc) is 2.59. The van der Waals surface area contributed by atoms with Gasteiger partial charge in [0.05, 0.1) is 0 Å². The summed E-state index contributed by atoms with van der Waals surface area (Å²) in [7, 11) is 0. The minimum atomic E-state index is -0.00138. The number of hydrogen-bond donors (Lipinski definition) is 1. The SMILES string of the molecule is C=C1CN(CCCC2CCCCC2)CC[C@@]1(C)c1cccc(O)c1. The minimum Gasteiger partial charge on any atom is -0.508 e. The zero-order chi connectivity index (χ0) is 17.0. The summed E-state index contributed by atoms with van der Waals surface area (Å²) in [5, 5.41) is 9.80. The highest BCUT2D eigenvalue weighted by Gasteiger charge is 2.35. The highest BCUT2D eigenvalue weighted by atomic mass is 16.3. The summed E-state index contributed by atoms with van der Waals surface area (Å²) >= 11 is 0. The molecule has 1 aromatic carbocycles. The van der Waals surface area contributed by atoms with Gasteiger partial charge in [0.2, 0.25) is 0 Å². The molecule has 0 aromatic heterocycles. The topological polar surface area (TPSA) is 23.5 Å². The van der Waals surface area contributed by atoms with E-state index in [1.807, 2.05) is 12.1 Å². The standard InChI is InChI=1S/C22H33NO/c1-18-17-23(14-7-10-19-8-4-3-5-9-19)15-13-22(18,2)20-11-6-12-21(24)16-20/h6,11-12,16,19,24H,1,3-5,7-10,13-15,17H2,2H3/t22-/m1/s1. The number of piperidine rings is 1. The van der Waals surface area contributed by atoms with Crippen molar-refractivity contribution in [2.45, 2.75) is 63.7 Å². The quantitative estimate of drug-likeness (QED) is 0.744. The van der Waals surface area contributed by atoms with Gasteiger partial charge in [0.25, 0.3) is 0 Å². The van der Waals surface area contributed by atoms with Crippen LogP contribution in [0.15, 0.2) is 36.4 Å². The van der Waals surface area contributed by atoms with E-state index in [-0.39, 0.29) is 5.41 Å². The normalized spacial score (nSPS) is 26.6. The van der Waals surface area contributed by atoms with Crippen LogP contribution in [0.2, 0.25) is 0 Å². The van der Waals surface area contributed by atoms with Crippen LogP contribution < -0.4 is 0 Å². The Morgan fingerprint density at radius 3 is 2.75 bits per heavy atom. The van der Waals surface area contributed by atoms with Crippen LogP contribution in [0.25, 0.3) is 0 Å². The Balaban J connectivity index is 1.50. The first-order valence-corrected chi connectivity index (χ1v) is 9.78. The van der Waals surface area contributed by atoms with Crippen LogP contribution in [0.5, 0.6) is 5.75 Å². The summed E-state index contributed by atoms with van der Waals surface area (Å²) in [5.41, 5.74) is 2.49. The Morgan fingerprint density at radius 1 is 1.25 bits per heavy atom. The van der Waals surface area contributed by atoms with E-state index in [2.05, 4.69) is 24.5 Å². The Hall–Kier alpha value is -1.28. The summed E-state index contributed by atoms with van der Waals surface area (Å²) in [4.78, 5) is 2.58. The number of hydrogen-bond acceptors (Lipinski definition) is 2. The van der Waals surface area contributed by atoms with E-state index in [0.717, 1.165) is 25.4 Å². The predicted octanol–water partition coefficient (Wildman–Crippen LogP) is 5.27. The first-order valence-electron chi connectivity index (χ1n) is 9.78. The number of likely N-dealkylation sites (tertiary alicyclic amines) is 1. The van der Waals surface area contributed by atoms with Crippen molar-refractivity contribution in [2.24, 2.45) is 5.92 Å². The number of rotatable bonds is 5. The first-order chi connectivity index (χ1) is 11.6. The summed E-state index contributed by atoms with van der Waals surface area (Å²) < 4.78 is 0. The van der Waals surface area contributed by atoms with E-state index in [4.69, 9.17) is 0 Å². The molecule has 0 amide bonds. The number of nitrogens with zero attached hydrogens (tertiary/aromatic N) is 1. The zero-order valence-corrected chi connectivity index (χ0v) is 15.3. The molecule has 0 unspecified atom stereocenters. The number of phenols is 1. The van der Waals surface area contributed by atoms with Crippen molar-refractivity contribution in [1.82, 2.24) is 4.90 Å². The lowest BCUT2D eigenvalue weighted by molar-refractivity contribution is 0.209. The maximum atomic E-state index is 9.80. The second-order valence-electron chi connectivity index (χ2n) is 8.16. The molecule has 3 rings (SSSR count).